The largest absolute Gasteiger partial charge is 0.481 e. The van der Waals surface area contributed by atoms with E-state index in [0.717, 1.165) is 0 Å². The number of hydrogen-bond acceptors (Lipinski definition) is 7. The SMILES string of the molecule is NC(=O)CCC(NC(=O)C(N)CO)C(=O)NC(CCC(=O)O)C(=O)O. The minimum absolute atomic E-state index is 0.226. The number of aliphatic hydroxyl groups is 1. The van der Waals surface area contributed by atoms with Gasteiger partial charge in [-0.15, -0.1) is 0 Å². The molecule has 3 atom stereocenters. The molecule has 12 heteroatoms. The molecule has 0 saturated carbocycles. The maximum Gasteiger partial charge on any atom is 0.326 e. The standard InChI is InChI=1S/C13H22N4O8/c14-6(5-18)11(22)16-7(1-3-9(15)19)12(23)17-8(13(24)25)2-4-10(20)21/h6-8,18H,1-5,14H2,(H2,15,19)(H,16,22)(H,17,23)(H,20,21)(H,24,25). The second kappa shape index (κ2) is 10.9. The Labute approximate surface area is 142 Å². The van der Waals surface area contributed by atoms with Crippen LogP contribution in [-0.2, 0) is 24.0 Å². The number of nitrogens with two attached hydrogens (primary N) is 2. The molecule has 0 heterocycles. The van der Waals surface area contributed by atoms with E-state index >= 15 is 0 Å². The van der Waals surface area contributed by atoms with E-state index in [2.05, 4.69) is 10.6 Å². The van der Waals surface area contributed by atoms with Crippen molar-refractivity contribution in [1.29, 1.82) is 0 Å². The molecule has 0 aliphatic heterocycles. The Morgan fingerprint density at radius 2 is 1.40 bits per heavy atom. The van der Waals surface area contributed by atoms with Crippen molar-refractivity contribution in [3.8, 4) is 0 Å². The summed E-state index contributed by atoms with van der Waals surface area (Å²) in [6.07, 6.45) is -1.37. The van der Waals surface area contributed by atoms with Crippen LogP contribution >= 0.6 is 0 Å². The summed E-state index contributed by atoms with van der Waals surface area (Å²) in [6, 6.07) is -4.14. The molecule has 0 rings (SSSR count). The molecule has 0 spiro atoms. The zero-order valence-electron chi connectivity index (χ0n) is 13.3. The smallest absolute Gasteiger partial charge is 0.326 e. The van der Waals surface area contributed by atoms with Crippen molar-refractivity contribution in [1.82, 2.24) is 10.6 Å². The van der Waals surface area contributed by atoms with Crippen LogP contribution in [-0.4, -0.2) is 69.7 Å². The number of carbonyl (C=O) groups is 5. The summed E-state index contributed by atoms with van der Waals surface area (Å²) in [5.74, 6) is -5.28. The second-order valence-electron chi connectivity index (χ2n) is 5.19. The highest BCUT2D eigenvalue weighted by molar-refractivity contribution is 5.92. The first-order valence-corrected chi connectivity index (χ1v) is 7.28. The van der Waals surface area contributed by atoms with Gasteiger partial charge in [-0.1, -0.05) is 0 Å². The highest BCUT2D eigenvalue weighted by atomic mass is 16.4. The third-order valence-electron chi connectivity index (χ3n) is 3.11. The molecular weight excluding hydrogens is 340 g/mol. The highest BCUT2D eigenvalue weighted by Crippen LogP contribution is 2.03. The number of amides is 3. The van der Waals surface area contributed by atoms with Crippen LogP contribution in [0.25, 0.3) is 0 Å². The van der Waals surface area contributed by atoms with Gasteiger partial charge in [0.05, 0.1) is 6.61 Å². The zero-order valence-corrected chi connectivity index (χ0v) is 13.3. The van der Waals surface area contributed by atoms with Crippen molar-refractivity contribution in [2.45, 2.75) is 43.8 Å². The maximum atomic E-state index is 12.2. The lowest BCUT2D eigenvalue weighted by molar-refractivity contribution is -0.143. The lowest BCUT2D eigenvalue weighted by atomic mass is 10.1. The van der Waals surface area contributed by atoms with Gasteiger partial charge in [0, 0.05) is 12.8 Å². The molecule has 3 unspecified atom stereocenters. The summed E-state index contributed by atoms with van der Waals surface area (Å²) >= 11 is 0. The number of aliphatic carboxylic acids is 2. The molecule has 25 heavy (non-hydrogen) atoms. The fourth-order valence-corrected chi connectivity index (χ4v) is 1.71. The van der Waals surface area contributed by atoms with Gasteiger partial charge in [-0.2, -0.15) is 0 Å². The van der Waals surface area contributed by atoms with Gasteiger partial charge in [-0.05, 0) is 12.8 Å². The summed E-state index contributed by atoms with van der Waals surface area (Å²) in [5.41, 5.74) is 10.3. The van der Waals surface area contributed by atoms with E-state index in [9.17, 15) is 24.0 Å². The number of carbonyl (C=O) groups excluding carboxylic acids is 3. The van der Waals surface area contributed by atoms with Crippen LogP contribution in [0, 0.1) is 0 Å². The summed E-state index contributed by atoms with van der Waals surface area (Å²) in [4.78, 5) is 56.3. The van der Waals surface area contributed by atoms with Gasteiger partial charge in [0.25, 0.3) is 0 Å². The van der Waals surface area contributed by atoms with Crippen LogP contribution in [0.15, 0.2) is 0 Å². The quantitative estimate of drug-likeness (QED) is 0.182. The average molecular weight is 362 g/mol. The lowest BCUT2D eigenvalue weighted by Crippen LogP contribution is -2.55. The predicted molar refractivity (Wildman–Crippen MR) is 81.9 cm³/mol. The first-order chi connectivity index (χ1) is 11.6. The Balaban J connectivity index is 5.02. The Morgan fingerprint density at radius 1 is 0.880 bits per heavy atom. The van der Waals surface area contributed by atoms with Crippen molar-refractivity contribution >= 4 is 29.7 Å². The van der Waals surface area contributed by atoms with Gasteiger partial charge < -0.3 is 37.4 Å². The van der Waals surface area contributed by atoms with Crippen LogP contribution < -0.4 is 22.1 Å². The van der Waals surface area contributed by atoms with Crippen molar-refractivity contribution in [2.24, 2.45) is 11.5 Å². The van der Waals surface area contributed by atoms with Crippen LogP contribution in [0.5, 0.6) is 0 Å². The monoisotopic (exact) mass is 362 g/mol. The normalized spacial score (nSPS) is 14.0. The van der Waals surface area contributed by atoms with Gasteiger partial charge in [0.1, 0.15) is 18.1 Å². The van der Waals surface area contributed by atoms with Crippen LogP contribution in [0.2, 0.25) is 0 Å². The number of carboxylic acid groups (broad SMARTS) is 2. The first-order valence-electron chi connectivity index (χ1n) is 7.28. The second-order valence-corrected chi connectivity index (χ2v) is 5.19. The van der Waals surface area contributed by atoms with E-state index in [4.69, 9.17) is 26.8 Å². The lowest BCUT2D eigenvalue weighted by Gasteiger charge is -2.22. The van der Waals surface area contributed by atoms with Crippen LogP contribution in [0.1, 0.15) is 25.7 Å². The van der Waals surface area contributed by atoms with E-state index in [1.165, 1.54) is 0 Å². The molecule has 0 fully saturated rings. The van der Waals surface area contributed by atoms with Gasteiger partial charge in [0.15, 0.2) is 0 Å². The van der Waals surface area contributed by atoms with E-state index in [-0.39, 0.29) is 19.3 Å². The molecule has 0 aliphatic rings. The predicted octanol–water partition coefficient (Wildman–Crippen LogP) is -3.51. The van der Waals surface area contributed by atoms with Gasteiger partial charge in [0.2, 0.25) is 17.7 Å². The topological polar surface area (TPSA) is 222 Å². The molecule has 142 valence electrons. The van der Waals surface area contributed by atoms with Crippen molar-refractivity contribution < 1.29 is 39.3 Å². The Kier molecular flexibility index (Phi) is 9.74. The molecule has 0 saturated heterocycles. The average Bonchev–Trinajstić information content (AvgIpc) is 2.53. The maximum absolute atomic E-state index is 12.2. The molecule has 0 aliphatic carbocycles. The number of carboxylic acids is 2. The van der Waals surface area contributed by atoms with E-state index in [1.54, 1.807) is 0 Å². The van der Waals surface area contributed by atoms with Crippen LogP contribution in [0.3, 0.4) is 0 Å². The Hall–Kier alpha value is -2.73. The van der Waals surface area contributed by atoms with Crippen molar-refractivity contribution in [2.75, 3.05) is 6.61 Å². The summed E-state index contributed by atoms with van der Waals surface area (Å²) in [7, 11) is 0. The first kappa shape index (κ1) is 22.3. The van der Waals surface area contributed by atoms with E-state index < -0.39 is 60.8 Å². The van der Waals surface area contributed by atoms with E-state index in [0.29, 0.717) is 0 Å². The molecule has 0 aromatic heterocycles. The molecule has 0 bridgehead atoms. The van der Waals surface area contributed by atoms with Gasteiger partial charge in [-0.3, -0.25) is 19.2 Å². The minimum Gasteiger partial charge on any atom is -0.481 e. The molecule has 12 nitrogen and oxygen atoms in total. The Bertz CT molecular complexity index is 524. The zero-order chi connectivity index (χ0) is 19.6. The minimum atomic E-state index is -1.50. The molecule has 0 aromatic rings. The summed E-state index contributed by atoms with van der Waals surface area (Å²) < 4.78 is 0. The third kappa shape index (κ3) is 9.22. The number of nitrogens with one attached hydrogen (secondary N) is 2. The molecule has 0 radical (unpaired) electrons. The fourth-order valence-electron chi connectivity index (χ4n) is 1.71. The molecule has 0 aromatic carbocycles. The van der Waals surface area contributed by atoms with E-state index in [1.807, 2.05) is 0 Å². The third-order valence-corrected chi connectivity index (χ3v) is 3.11. The summed E-state index contributed by atoms with van der Waals surface area (Å²) in [5, 5.41) is 30.7. The molecular formula is C13H22N4O8. The number of hydrogen-bond donors (Lipinski definition) is 7. The number of rotatable bonds is 12. The van der Waals surface area contributed by atoms with Crippen molar-refractivity contribution in [3.63, 3.8) is 0 Å². The molecule has 9 N–H and O–H groups in total. The fraction of sp³-hybridized carbons (Fsp3) is 0.615. The number of primary amides is 1. The van der Waals surface area contributed by atoms with Gasteiger partial charge in [-0.25, -0.2) is 4.79 Å². The van der Waals surface area contributed by atoms with Crippen molar-refractivity contribution in [3.05, 3.63) is 0 Å². The molecule has 3 amide bonds. The number of aliphatic hydroxyl groups excluding tert-OH is 1. The Morgan fingerprint density at radius 3 is 1.84 bits per heavy atom. The summed E-state index contributed by atoms with van der Waals surface area (Å²) in [6.45, 7) is -0.688. The van der Waals surface area contributed by atoms with Crippen LogP contribution in [0.4, 0.5) is 0 Å². The highest BCUT2D eigenvalue weighted by Gasteiger charge is 2.28. The van der Waals surface area contributed by atoms with Gasteiger partial charge >= 0.3 is 11.9 Å².